The Labute approximate surface area is 105 Å². The van der Waals surface area contributed by atoms with Gasteiger partial charge in [-0.05, 0) is 18.9 Å². The third-order valence-electron chi connectivity index (χ3n) is 3.27. The number of hydrogen-bond donors (Lipinski definition) is 2. The molecule has 0 saturated heterocycles. The average Bonchev–Trinajstić information content (AvgIpc) is 3.10. The van der Waals surface area contributed by atoms with Gasteiger partial charge in [0.25, 0.3) is 0 Å². The maximum absolute atomic E-state index is 13.7. The van der Waals surface area contributed by atoms with Gasteiger partial charge in [-0.1, -0.05) is 18.2 Å². The van der Waals surface area contributed by atoms with Gasteiger partial charge in [-0.15, -0.1) is 0 Å². The van der Waals surface area contributed by atoms with Gasteiger partial charge in [-0.2, -0.15) is 0 Å². The van der Waals surface area contributed by atoms with E-state index in [0.717, 1.165) is 12.8 Å². The molecule has 0 bridgehead atoms. The summed E-state index contributed by atoms with van der Waals surface area (Å²) >= 11 is 0. The van der Waals surface area contributed by atoms with Crippen molar-refractivity contribution in [1.29, 1.82) is 0 Å². The normalized spacial score (nSPS) is 16.2. The first kappa shape index (κ1) is 12.8. The number of amides is 2. The summed E-state index contributed by atoms with van der Waals surface area (Å²) in [6.45, 7) is 0.176. The topological polar surface area (TPSA) is 52.6 Å². The zero-order valence-corrected chi connectivity index (χ0v) is 10.3. The molecule has 0 aromatic heterocycles. The molecule has 0 heterocycles. The summed E-state index contributed by atoms with van der Waals surface area (Å²) in [5.41, 5.74) is -0.0256. The molecule has 1 aliphatic rings. The van der Waals surface area contributed by atoms with Crippen molar-refractivity contribution in [3.05, 3.63) is 35.6 Å². The van der Waals surface area contributed by atoms with Crippen LogP contribution < -0.4 is 5.32 Å². The molecule has 98 valence electrons. The summed E-state index contributed by atoms with van der Waals surface area (Å²) in [5, 5.41) is 11.6. The molecule has 18 heavy (non-hydrogen) atoms. The van der Waals surface area contributed by atoms with E-state index >= 15 is 0 Å². The van der Waals surface area contributed by atoms with Crippen molar-refractivity contribution in [1.82, 2.24) is 10.2 Å². The highest BCUT2D eigenvalue weighted by Crippen LogP contribution is 2.46. The van der Waals surface area contributed by atoms with Crippen molar-refractivity contribution in [2.24, 2.45) is 0 Å². The van der Waals surface area contributed by atoms with Crippen molar-refractivity contribution in [3.8, 4) is 0 Å². The SMILES string of the molecule is CN(CCO)C(=O)NC1(c2ccccc2F)CC1. The number of aliphatic hydroxyl groups is 1. The molecule has 1 aromatic carbocycles. The fraction of sp³-hybridized carbons (Fsp3) is 0.462. The van der Waals surface area contributed by atoms with E-state index in [-0.39, 0.29) is 25.0 Å². The number of nitrogens with one attached hydrogen (secondary N) is 1. The summed E-state index contributed by atoms with van der Waals surface area (Å²) in [4.78, 5) is 13.2. The van der Waals surface area contributed by atoms with Gasteiger partial charge in [0, 0.05) is 19.2 Å². The van der Waals surface area contributed by atoms with Gasteiger partial charge < -0.3 is 15.3 Å². The highest BCUT2D eigenvalue weighted by atomic mass is 19.1. The molecule has 0 radical (unpaired) electrons. The van der Waals surface area contributed by atoms with Gasteiger partial charge in [0.05, 0.1) is 12.1 Å². The molecule has 4 nitrogen and oxygen atoms in total. The van der Waals surface area contributed by atoms with E-state index in [0.29, 0.717) is 5.56 Å². The molecule has 1 aliphatic carbocycles. The van der Waals surface area contributed by atoms with Gasteiger partial charge in [0.15, 0.2) is 0 Å². The molecule has 1 fully saturated rings. The van der Waals surface area contributed by atoms with Crippen LogP contribution in [-0.4, -0.2) is 36.2 Å². The van der Waals surface area contributed by atoms with E-state index in [1.165, 1.54) is 11.0 Å². The lowest BCUT2D eigenvalue weighted by atomic mass is 10.0. The van der Waals surface area contributed by atoms with Crippen LogP contribution in [0.2, 0.25) is 0 Å². The first-order valence-corrected chi connectivity index (χ1v) is 5.98. The zero-order valence-electron chi connectivity index (χ0n) is 10.3. The van der Waals surface area contributed by atoms with E-state index in [4.69, 9.17) is 5.11 Å². The highest BCUT2D eigenvalue weighted by molar-refractivity contribution is 5.75. The standard InChI is InChI=1S/C13H17FN2O2/c1-16(8-9-17)12(18)15-13(6-7-13)10-4-2-3-5-11(10)14/h2-5,17H,6-9H2,1H3,(H,15,18). The molecular weight excluding hydrogens is 235 g/mol. The average molecular weight is 252 g/mol. The Morgan fingerprint density at radius 2 is 2.17 bits per heavy atom. The zero-order chi connectivity index (χ0) is 13.2. The Hall–Kier alpha value is -1.62. The molecule has 0 atom stereocenters. The number of likely N-dealkylation sites (N-methyl/N-ethyl adjacent to an activating group) is 1. The van der Waals surface area contributed by atoms with E-state index in [1.807, 2.05) is 0 Å². The fourth-order valence-electron chi connectivity index (χ4n) is 1.99. The Bertz CT molecular complexity index is 446. The van der Waals surface area contributed by atoms with Crippen LogP contribution in [0, 0.1) is 5.82 Å². The van der Waals surface area contributed by atoms with Crippen LogP contribution in [0.5, 0.6) is 0 Å². The maximum Gasteiger partial charge on any atom is 0.317 e. The van der Waals surface area contributed by atoms with Gasteiger partial charge in [-0.25, -0.2) is 9.18 Å². The molecule has 2 rings (SSSR count). The van der Waals surface area contributed by atoms with Crippen molar-refractivity contribution in [2.75, 3.05) is 20.2 Å². The molecule has 2 amide bonds. The van der Waals surface area contributed by atoms with Crippen LogP contribution >= 0.6 is 0 Å². The number of benzene rings is 1. The minimum atomic E-state index is -0.563. The Kier molecular flexibility index (Phi) is 3.52. The number of carbonyl (C=O) groups is 1. The van der Waals surface area contributed by atoms with Crippen LogP contribution in [0.4, 0.5) is 9.18 Å². The summed E-state index contributed by atoms with van der Waals surface area (Å²) in [5.74, 6) is -0.292. The number of nitrogens with zero attached hydrogens (tertiary/aromatic N) is 1. The van der Waals surface area contributed by atoms with Crippen LogP contribution in [-0.2, 0) is 5.54 Å². The number of hydrogen-bond acceptors (Lipinski definition) is 2. The molecule has 1 saturated carbocycles. The second kappa shape index (κ2) is 4.94. The van der Waals surface area contributed by atoms with Crippen LogP contribution in [0.1, 0.15) is 18.4 Å². The maximum atomic E-state index is 13.7. The van der Waals surface area contributed by atoms with E-state index in [9.17, 15) is 9.18 Å². The number of aliphatic hydroxyl groups excluding tert-OH is 1. The Morgan fingerprint density at radius 1 is 1.50 bits per heavy atom. The molecular formula is C13H17FN2O2. The Balaban J connectivity index is 2.09. The van der Waals surface area contributed by atoms with Crippen molar-refractivity contribution < 1.29 is 14.3 Å². The van der Waals surface area contributed by atoms with E-state index < -0.39 is 5.54 Å². The predicted molar refractivity (Wildman–Crippen MR) is 65.6 cm³/mol. The monoisotopic (exact) mass is 252 g/mol. The van der Waals surface area contributed by atoms with Crippen molar-refractivity contribution in [2.45, 2.75) is 18.4 Å². The van der Waals surface area contributed by atoms with E-state index in [1.54, 1.807) is 25.2 Å². The summed E-state index contributed by atoms with van der Waals surface area (Å²) in [6, 6.07) is 6.22. The smallest absolute Gasteiger partial charge is 0.317 e. The number of halogens is 1. The molecule has 1 aromatic rings. The lowest BCUT2D eigenvalue weighted by molar-refractivity contribution is 0.185. The second-order valence-corrected chi connectivity index (χ2v) is 4.64. The van der Waals surface area contributed by atoms with Crippen molar-refractivity contribution in [3.63, 3.8) is 0 Å². The first-order valence-electron chi connectivity index (χ1n) is 5.98. The number of carbonyl (C=O) groups excluding carboxylic acids is 1. The summed E-state index contributed by atoms with van der Waals surface area (Å²) in [7, 11) is 1.60. The van der Waals surface area contributed by atoms with Gasteiger partial charge in [-0.3, -0.25) is 0 Å². The van der Waals surface area contributed by atoms with Crippen LogP contribution in [0.25, 0.3) is 0 Å². The summed E-state index contributed by atoms with van der Waals surface area (Å²) in [6.07, 6.45) is 1.49. The van der Waals surface area contributed by atoms with Crippen LogP contribution in [0.15, 0.2) is 24.3 Å². The molecule has 0 unspecified atom stereocenters. The van der Waals surface area contributed by atoms with Gasteiger partial charge in [0.1, 0.15) is 5.82 Å². The molecule has 0 spiro atoms. The second-order valence-electron chi connectivity index (χ2n) is 4.64. The fourth-order valence-corrected chi connectivity index (χ4v) is 1.99. The highest BCUT2D eigenvalue weighted by Gasteiger charge is 2.47. The lowest BCUT2D eigenvalue weighted by Crippen LogP contribution is -2.44. The molecule has 5 heteroatoms. The molecule has 2 N–H and O–H groups in total. The largest absolute Gasteiger partial charge is 0.395 e. The van der Waals surface area contributed by atoms with Gasteiger partial charge in [0.2, 0.25) is 0 Å². The third-order valence-corrected chi connectivity index (χ3v) is 3.27. The van der Waals surface area contributed by atoms with Crippen molar-refractivity contribution >= 4 is 6.03 Å². The quantitative estimate of drug-likeness (QED) is 0.852. The first-order chi connectivity index (χ1) is 8.59. The minimum absolute atomic E-state index is 0.0867. The number of rotatable bonds is 4. The molecule has 0 aliphatic heterocycles. The number of urea groups is 1. The lowest BCUT2D eigenvalue weighted by Gasteiger charge is -2.23. The predicted octanol–water partition coefficient (Wildman–Crippen LogP) is 1.45. The van der Waals surface area contributed by atoms with E-state index in [2.05, 4.69) is 5.32 Å². The summed E-state index contributed by atoms with van der Waals surface area (Å²) < 4.78 is 13.7. The third kappa shape index (κ3) is 2.46. The minimum Gasteiger partial charge on any atom is -0.395 e. The Morgan fingerprint density at radius 3 is 2.72 bits per heavy atom. The van der Waals surface area contributed by atoms with Gasteiger partial charge >= 0.3 is 6.03 Å². The van der Waals surface area contributed by atoms with Crippen LogP contribution in [0.3, 0.4) is 0 Å².